The van der Waals surface area contributed by atoms with Gasteiger partial charge in [-0.3, -0.25) is 0 Å². The van der Waals surface area contributed by atoms with E-state index in [9.17, 15) is 14.7 Å². The van der Waals surface area contributed by atoms with Crippen molar-refractivity contribution in [3.05, 3.63) is 58.7 Å². The van der Waals surface area contributed by atoms with Gasteiger partial charge in [0.1, 0.15) is 0 Å². The molecule has 2 aliphatic rings. The molecular formula is C27H26NO5+. The summed E-state index contributed by atoms with van der Waals surface area (Å²) in [5.74, 6) is -0.400. The summed E-state index contributed by atoms with van der Waals surface area (Å²) < 4.78 is 12.4. The number of hydrogen-bond acceptors (Lipinski definition) is 3. The summed E-state index contributed by atoms with van der Waals surface area (Å²) in [5, 5.41) is 10.7. The second-order valence-electron chi connectivity index (χ2n) is 8.77. The molecule has 6 heteroatoms. The maximum atomic E-state index is 12.7. The summed E-state index contributed by atoms with van der Waals surface area (Å²) >= 11 is 0. The number of nitrogens with zero attached hydrogens (tertiary/aromatic N) is 1. The number of carboxylic acids is 1. The summed E-state index contributed by atoms with van der Waals surface area (Å²) in [6.07, 6.45) is 7.63. The van der Waals surface area contributed by atoms with Crippen molar-refractivity contribution in [2.75, 3.05) is 7.11 Å². The van der Waals surface area contributed by atoms with Crippen molar-refractivity contribution >= 4 is 35.7 Å². The maximum absolute atomic E-state index is 12.7. The Bertz CT molecular complexity index is 1320. The predicted molar refractivity (Wildman–Crippen MR) is 127 cm³/mol. The molecule has 5 rings (SSSR count). The fourth-order valence-electron chi connectivity index (χ4n) is 5.39. The number of rotatable bonds is 4. The molecule has 0 unspecified atom stereocenters. The van der Waals surface area contributed by atoms with Crippen LogP contribution in [0.15, 0.2) is 42.0 Å². The standard InChI is InChI=1S/C27H25NO5/c1-32-20-9-11-21-18(13-20)12-19(27(31)33-2)15-28-23-14-17(26(29)30)8-10-22(23)24(25(21)28)16-6-4-3-5-7-16/h8-14,16H,1,3-7,15H2,2H3/p+1. The van der Waals surface area contributed by atoms with Crippen molar-refractivity contribution < 1.29 is 23.9 Å². The fraction of sp³-hybridized carbons (Fsp3) is 0.296. The van der Waals surface area contributed by atoms with E-state index in [1.807, 2.05) is 30.3 Å². The van der Waals surface area contributed by atoms with Gasteiger partial charge in [0, 0.05) is 22.5 Å². The Morgan fingerprint density at radius 2 is 1.91 bits per heavy atom. The molecule has 1 N–H and O–H groups in total. The SMILES string of the molecule is C=[O+]c1ccc2c(c1)C=C(C(=O)OC)Cn1c-2c(C2CCCCC2)c2ccc(C(=O)O)cc21. The van der Waals surface area contributed by atoms with E-state index >= 15 is 0 Å². The lowest BCUT2D eigenvalue weighted by Crippen LogP contribution is -2.11. The summed E-state index contributed by atoms with van der Waals surface area (Å²) in [4.78, 5) is 24.4. The van der Waals surface area contributed by atoms with Crippen molar-refractivity contribution in [3.8, 4) is 17.0 Å². The molecule has 3 aromatic rings. The minimum absolute atomic E-state index is 0.229. The van der Waals surface area contributed by atoms with Crippen molar-refractivity contribution in [2.24, 2.45) is 0 Å². The zero-order valence-corrected chi connectivity index (χ0v) is 18.6. The minimum Gasteiger partial charge on any atom is -0.478 e. The van der Waals surface area contributed by atoms with E-state index < -0.39 is 11.9 Å². The number of aromatic carboxylic acids is 1. The molecule has 0 atom stereocenters. The first-order valence-electron chi connectivity index (χ1n) is 11.3. The van der Waals surface area contributed by atoms with Gasteiger partial charge in [0.2, 0.25) is 0 Å². The van der Waals surface area contributed by atoms with Gasteiger partial charge in [0.25, 0.3) is 6.79 Å². The number of carboxylic acid groups (broad SMARTS) is 1. The number of carbonyl (C=O) groups is 2. The van der Waals surface area contributed by atoms with Gasteiger partial charge in [0.05, 0.1) is 36.6 Å². The van der Waals surface area contributed by atoms with Crippen molar-refractivity contribution in [1.29, 1.82) is 0 Å². The lowest BCUT2D eigenvalue weighted by Gasteiger charge is -2.23. The van der Waals surface area contributed by atoms with Gasteiger partial charge >= 0.3 is 17.7 Å². The van der Waals surface area contributed by atoms with Gasteiger partial charge in [0.15, 0.2) is 0 Å². The molecule has 33 heavy (non-hydrogen) atoms. The lowest BCUT2D eigenvalue weighted by molar-refractivity contribution is -0.354. The number of esters is 1. The minimum atomic E-state index is -0.971. The zero-order chi connectivity index (χ0) is 23.1. The van der Waals surface area contributed by atoms with Crippen LogP contribution in [0.5, 0.6) is 5.75 Å². The summed E-state index contributed by atoms with van der Waals surface area (Å²) in [5.41, 5.74) is 5.67. The number of aromatic nitrogens is 1. The average molecular weight is 445 g/mol. The third-order valence-electron chi connectivity index (χ3n) is 6.91. The highest BCUT2D eigenvalue weighted by Crippen LogP contribution is 2.47. The van der Waals surface area contributed by atoms with Crippen LogP contribution >= 0.6 is 0 Å². The molecule has 0 bridgehead atoms. The number of hydrogen-bond donors (Lipinski definition) is 1. The zero-order valence-electron chi connectivity index (χ0n) is 18.6. The third-order valence-corrected chi connectivity index (χ3v) is 6.91. The first-order chi connectivity index (χ1) is 16.0. The molecule has 0 amide bonds. The highest BCUT2D eigenvalue weighted by Gasteiger charge is 2.31. The van der Waals surface area contributed by atoms with E-state index in [-0.39, 0.29) is 5.56 Å². The molecule has 0 radical (unpaired) electrons. The van der Waals surface area contributed by atoms with Gasteiger partial charge in [-0.1, -0.05) is 25.3 Å². The Labute approximate surface area is 191 Å². The van der Waals surface area contributed by atoms with Crippen LogP contribution in [0, 0.1) is 0 Å². The monoisotopic (exact) mass is 444 g/mol. The van der Waals surface area contributed by atoms with E-state index in [0.29, 0.717) is 23.8 Å². The van der Waals surface area contributed by atoms with Gasteiger partial charge < -0.3 is 14.4 Å². The lowest BCUT2D eigenvalue weighted by atomic mass is 9.81. The summed E-state index contributed by atoms with van der Waals surface area (Å²) in [6.45, 7) is 3.82. The van der Waals surface area contributed by atoms with Gasteiger partial charge in [-0.05, 0) is 54.2 Å². The van der Waals surface area contributed by atoms with E-state index in [1.165, 1.54) is 31.9 Å². The number of ether oxygens (including phenoxy) is 1. The molecule has 1 aromatic heterocycles. The van der Waals surface area contributed by atoms with Crippen LogP contribution in [-0.4, -0.2) is 35.5 Å². The fourth-order valence-corrected chi connectivity index (χ4v) is 5.39. The predicted octanol–water partition coefficient (Wildman–Crippen LogP) is 5.70. The van der Waals surface area contributed by atoms with E-state index in [1.54, 1.807) is 12.1 Å². The number of benzene rings is 2. The van der Waals surface area contributed by atoms with Crippen LogP contribution in [0.25, 0.3) is 28.2 Å². The summed E-state index contributed by atoms with van der Waals surface area (Å²) in [7, 11) is 1.37. The number of carbonyl (C=O) groups excluding carboxylic acids is 2. The molecule has 2 aromatic carbocycles. The Balaban J connectivity index is 1.87. The molecular weight excluding hydrogens is 418 g/mol. The van der Waals surface area contributed by atoms with Crippen LogP contribution in [0.1, 0.15) is 59.5 Å². The molecule has 1 aliphatic heterocycles. The Hall–Kier alpha value is -3.67. The van der Waals surface area contributed by atoms with E-state index in [4.69, 9.17) is 9.16 Å². The highest BCUT2D eigenvalue weighted by atomic mass is 16.5. The second kappa shape index (κ2) is 8.35. The highest BCUT2D eigenvalue weighted by molar-refractivity contribution is 6.02. The van der Waals surface area contributed by atoms with Crippen LogP contribution in [0.4, 0.5) is 0 Å². The Morgan fingerprint density at radius 3 is 2.61 bits per heavy atom. The molecule has 1 saturated carbocycles. The van der Waals surface area contributed by atoms with Crippen LogP contribution in [0.3, 0.4) is 0 Å². The Morgan fingerprint density at radius 1 is 1.12 bits per heavy atom. The van der Waals surface area contributed by atoms with Crippen molar-refractivity contribution in [1.82, 2.24) is 4.57 Å². The molecule has 0 saturated heterocycles. The van der Waals surface area contributed by atoms with Gasteiger partial charge in [-0.25, -0.2) is 14.0 Å². The van der Waals surface area contributed by atoms with Crippen molar-refractivity contribution in [2.45, 2.75) is 44.6 Å². The van der Waals surface area contributed by atoms with Gasteiger partial charge in [-0.2, -0.15) is 0 Å². The quantitative estimate of drug-likeness (QED) is 0.413. The second-order valence-corrected chi connectivity index (χ2v) is 8.77. The van der Waals surface area contributed by atoms with Crippen LogP contribution < -0.4 is 0 Å². The first-order valence-corrected chi connectivity index (χ1v) is 11.3. The first kappa shape index (κ1) is 21.2. The van der Waals surface area contributed by atoms with Gasteiger partial charge in [-0.15, -0.1) is 0 Å². The molecule has 168 valence electrons. The topological polar surface area (TPSA) is 79.8 Å². The molecule has 2 heterocycles. The average Bonchev–Trinajstić information content (AvgIpc) is 3.06. The molecule has 0 spiro atoms. The molecule has 1 aliphatic carbocycles. The number of methoxy groups -OCH3 is 1. The van der Waals surface area contributed by atoms with Crippen LogP contribution in [-0.2, 0) is 20.5 Å². The largest absolute Gasteiger partial charge is 0.478 e. The third kappa shape index (κ3) is 3.55. The normalized spacial score (nSPS) is 15.8. The Kier molecular flexibility index (Phi) is 5.36. The number of fused-ring (bicyclic) bond motifs is 5. The van der Waals surface area contributed by atoms with E-state index in [0.717, 1.165) is 40.6 Å². The van der Waals surface area contributed by atoms with Crippen molar-refractivity contribution in [3.63, 3.8) is 0 Å². The molecule has 6 nitrogen and oxygen atoms in total. The maximum Gasteiger partial charge on any atom is 0.352 e. The van der Waals surface area contributed by atoms with Crippen LogP contribution in [0.2, 0.25) is 0 Å². The smallest absolute Gasteiger partial charge is 0.352 e. The van der Waals surface area contributed by atoms with E-state index in [2.05, 4.69) is 11.4 Å². The summed E-state index contributed by atoms with van der Waals surface area (Å²) in [6, 6.07) is 11.1. The molecule has 1 fully saturated rings.